The second-order valence-corrected chi connectivity index (χ2v) is 7.42. The van der Waals surface area contributed by atoms with E-state index in [-0.39, 0.29) is 16.7 Å². The number of benzene rings is 1. The van der Waals surface area contributed by atoms with E-state index in [0.29, 0.717) is 10.2 Å². The third-order valence-electron chi connectivity index (χ3n) is 3.06. The summed E-state index contributed by atoms with van der Waals surface area (Å²) in [7, 11) is -3.79. The van der Waals surface area contributed by atoms with Gasteiger partial charge in [0.1, 0.15) is 22.4 Å². The van der Waals surface area contributed by atoms with Crippen molar-refractivity contribution in [2.75, 3.05) is 6.61 Å². The lowest BCUT2D eigenvalue weighted by Crippen LogP contribution is -2.29. The number of para-hydroxylation sites is 1. The summed E-state index contributed by atoms with van der Waals surface area (Å²) in [6.07, 6.45) is 1.44. The van der Waals surface area contributed by atoms with Gasteiger partial charge in [0.25, 0.3) is 0 Å². The monoisotopic (exact) mass is 388 g/mol. The second-order valence-electron chi connectivity index (χ2n) is 4.47. The van der Waals surface area contributed by atoms with Crippen LogP contribution in [0, 0.1) is 0 Å². The van der Waals surface area contributed by atoms with Gasteiger partial charge in [0.05, 0.1) is 6.04 Å². The van der Waals surface area contributed by atoms with E-state index < -0.39 is 16.1 Å². The molecule has 1 atom stereocenters. The third-order valence-corrected chi connectivity index (χ3v) is 5.39. The molecule has 0 bridgehead atoms. The highest BCUT2D eigenvalue weighted by molar-refractivity contribution is 9.10. The van der Waals surface area contributed by atoms with Crippen molar-refractivity contribution in [1.82, 2.24) is 9.71 Å². The van der Waals surface area contributed by atoms with Crippen molar-refractivity contribution in [3.05, 3.63) is 51.7 Å². The Kier molecular flexibility index (Phi) is 3.92. The van der Waals surface area contributed by atoms with Crippen LogP contribution in [-0.2, 0) is 10.0 Å². The van der Waals surface area contributed by atoms with Crippen LogP contribution >= 0.6 is 27.5 Å². The highest BCUT2D eigenvalue weighted by Crippen LogP contribution is 2.33. The van der Waals surface area contributed by atoms with Crippen molar-refractivity contribution in [3.8, 4) is 5.75 Å². The van der Waals surface area contributed by atoms with E-state index in [0.717, 1.165) is 5.56 Å². The van der Waals surface area contributed by atoms with Crippen LogP contribution in [0.15, 0.2) is 45.9 Å². The van der Waals surface area contributed by atoms with Gasteiger partial charge in [0.15, 0.2) is 0 Å². The number of sulfonamides is 1. The summed E-state index contributed by atoms with van der Waals surface area (Å²) in [4.78, 5) is 3.77. The van der Waals surface area contributed by atoms with Crippen molar-refractivity contribution in [2.24, 2.45) is 0 Å². The van der Waals surface area contributed by atoms with Gasteiger partial charge in [0, 0.05) is 16.2 Å². The molecule has 2 aromatic rings. The van der Waals surface area contributed by atoms with Crippen LogP contribution in [0.1, 0.15) is 11.6 Å². The summed E-state index contributed by atoms with van der Waals surface area (Å²) in [5.41, 5.74) is 0.806. The van der Waals surface area contributed by atoms with Crippen molar-refractivity contribution in [1.29, 1.82) is 0 Å². The Hall–Kier alpha value is -1.15. The predicted molar refractivity (Wildman–Crippen MR) is 81.9 cm³/mol. The van der Waals surface area contributed by atoms with Gasteiger partial charge in [-0.3, -0.25) is 0 Å². The van der Waals surface area contributed by atoms with Gasteiger partial charge in [-0.1, -0.05) is 29.8 Å². The number of aromatic nitrogens is 1. The fourth-order valence-electron chi connectivity index (χ4n) is 2.10. The molecule has 0 aliphatic carbocycles. The summed E-state index contributed by atoms with van der Waals surface area (Å²) in [6.45, 7) is 0.248. The number of ether oxygens (including phenoxy) is 1. The van der Waals surface area contributed by atoms with Crippen LogP contribution in [-0.4, -0.2) is 20.0 Å². The highest BCUT2D eigenvalue weighted by Gasteiger charge is 2.30. The SMILES string of the molecule is O=S(=O)(NC1COc2ccccc21)c1cc(Br)cnc1Cl. The van der Waals surface area contributed by atoms with E-state index in [1.165, 1.54) is 12.3 Å². The van der Waals surface area contributed by atoms with Crippen molar-refractivity contribution in [2.45, 2.75) is 10.9 Å². The predicted octanol–water partition coefficient (Wildman–Crippen LogP) is 2.91. The Balaban J connectivity index is 1.93. The van der Waals surface area contributed by atoms with E-state index in [2.05, 4.69) is 25.6 Å². The minimum absolute atomic E-state index is 0.0667. The number of nitrogens with one attached hydrogen (secondary N) is 1. The van der Waals surface area contributed by atoms with Gasteiger partial charge in [0.2, 0.25) is 10.0 Å². The number of fused-ring (bicyclic) bond motifs is 1. The number of hydrogen-bond donors (Lipinski definition) is 1. The van der Waals surface area contributed by atoms with E-state index in [1.807, 2.05) is 18.2 Å². The summed E-state index contributed by atoms with van der Waals surface area (Å²) < 4.78 is 33.5. The maximum atomic E-state index is 12.5. The van der Waals surface area contributed by atoms with Gasteiger partial charge < -0.3 is 4.74 Å². The summed E-state index contributed by atoms with van der Waals surface area (Å²) in [5, 5.41) is -0.0714. The molecule has 0 amide bonds. The largest absolute Gasteiger partial charge is 0.491 e. The zero-order chi connectivity index (χ0) is 15.0. The summed E-state index contributed by atoms with van der Waals surface area (Å²) >= 11 is 9.07. The first kappa shape index (κ1) is 14.8. The molecule has 3 rings (SSSR count). The highest BCUT2D eigenvalue weighted by atomic mass is 79.9. The third kappa shape index (κ3) is 2.91. The van der Waals surface area contributed by atoms with Crippen LogP contribution in [0.4, 0.5) is 0 Å². The van der Waals surface area contributed by atoms with Crippen LogP contribution < -0.4 is 9.46 Å². The second kappa shape index (κ2) is 5.57. The Morgan fingerprint density at radius 2 is 2.14 bits per heavy atom. The molecule has 21 heavy (non-hydrogen) atoms. The lowest BCUT2D eigenvalue weighted by Gasteiger charge is -2.13. The number of hydrogen-bond acceptors (Lipinski definition) is 4. The molecule has 1 aromatic carbocycles. The van der Waals surface area contributed by atoms with Gasteiger partial charge in [-0.25, -0.2) is 13.4 Å². The van der Waals surface area contributed by atoms with Gasteiger partial charge in [-0.05, 0) is 28.1 Å². The fourth-order valence-corrected chi connectivity index (χ4v) is 4.25. The molecule has 110 valence electrons. The maximum absolute atomic E-state index is 12.5. The Morgan fingerprint density at radius 1 is 1.38 bits per heavy atom. The van der Waals surface area contributed by atoms with Crippen molar-refractivity contribution < 1.29 is 13.2 Å². The minimum atomic E-state index is -3.79. The number of pyridine rings is 1. The average Bonchev–Trinajstić information content (AvgIpc) is 2.84. The summed E-state index contributed by atoms with van der Waals surface area (Å²) in [6, 6.07) is 8.28. The zero-order valence-electron chi connectivity index (χ0n) is 10.6. The molecule has 2 heterocycles. The molecular formula is C13H10BrClN2O3S. The number of halogens is 2. The van der Waals surface area contributed by atoms with Crippen LogP contribution in [0.5, 0.6) is 5.75 Å². The first-order chi connectivity index (χ1) is 9.97. The molecule has 1 aliphatic rings. The Morgan fingerprint density at radius 3 is 2.95 bits per heavy atom. The number of nitrogens with zero attached hydrogens (tertiary/aromatic N) is 1. The molecule has 8 heteroatoms. The molecule has 1 aromatic heterocycles. The molecule has 1 aliphatic heterocycles. The van der Waals surface area contributed by atoms with Crippen LogP contribution in [0.2, 0.25) is 5.15 Å². The van der Waals surface area contributed by atoms with E-state index in [1.54, 1.807) is 6.07 Å². The number of rotatable bonds is 3. The normalized spacial score (nSPS) is 17.3. The van der Waals surface area contributed by atoms with Crippen molar-refractivity contribution in [3.63, 3.8) is 0 Å². The Labute approximate surface area is 135 Å². The molecule has 0 radical (unpaired) electrons. The smallest absolute Gasteiger partial charge is 0.244 e. The first-order valence-corrected chi connectivity index (χ1v) is 8.68. The molecule has 0 fully saturated rings. The first-order valence-electron chi connectivity index (χ1n) is 6.02. The van der Waals surface area contributed by atoms with Crippen LogP contribution in [0.3, 0.4) is 0 Å². The lowest BCUT2D eigenvalue weighted by molar-refractivity contribution is 0.325. The van der Waals surface area contributed by atoms with Gasteiger partial charge in [-0.15, -0.1) is 0 Å². The molecule has 5 nitrogen and oxygen atoms in total. The molecule has 0 spiro atoms. The van der Waals surface area contributed by atoms with E-state index >= 15 is 0 Å². The minimum Gasteiger partial charge on any atom is -0.491 e. The standard InChI is InChI=1S/C13H10BrClN2O3S/c14-8-5-12(13(15)16-6-8)21(18,19)17-10-7-20-11-4-2-1-3-9(10)11/h1-6,10,17H,7H2. The van der Waals surface area contributed by atoms with Gasteiger partial charge >= 0.3 is 0 Å². The fraction of sp³-hybridized carbons (Fsp3) is 0.154. The molecule has 0 saturated carbocycles. The lowest BCUT2D eigenvalue weighted by atomic mass is 10.1. The molecule has 0 saturated heterocycles. The maximum Gasteiger partial charge on any atom is 0.244 e. The quantitative estimate of drug-likeness (QED) is 0.820. The zero-order valence-corrected chi connectivity index (χ0v) is 13.7. The Bertz CT molecular complexity index is 798. The average molecular weight is 390 g/mol. The van der Waals surface area contributed by atoms with Crippen LogP contribution in [0.25, 0.3) is 0 Å². The molecule has 1 N–H and O–H groups in total. The van der Waals surface area contributed by atoms with Gasteiger partial charge in [-0.2, -0.15) is 4.72 Å². The van der Waals surface area contributed by atoms with Crippen molar-refractivity contribution >= 4 is 37.6 Å². The van der Waals surface area contributed by atoms with E-state index in [4.69, 9.17) is 16.3 Å². The van der Waals surface area contributed by atoms with E-state index in [9.17, 15) is 8.42 Å². The molecular weight excluding hydrogens is 380 g/mol. The topological polar surface area (TPSA) is 68.3 Å². The summed E-state index contributed by atoms with van der Waals surface area (Å²) in [5.74, 6) is 0.684. The molecule has 1 unspecified atom stereocenters.